The first kappa shape index (κ1) is 30.0. The number of benzene rings is 1. The molecule has 5 N–H and O–H groups in total. The van der Waals surface area contributed by atoms with Crippen molar-refractivity contribution < 1.29 is 44.5 Å². The Labute approximate surface area is 236 Å². The Morgan fingerprint density at radius 2 is 1.95 bits per heavy atom. The molecule has 0 fully saturated rings. The molecule has 0 aliphatic carbocycles. The molecule has 0 bridgehead atoms. The van der Waals surface area contributed by atoms with E-state index in [-0.39, 0.29) is 12.3 Å². The van der Waals surface area contributed by atoms with Crippen molar-refractivity contribution in [3.05, 3.63) is 45.8 Å². The van der Waals surface area contributed by atoms with Gasteiger partial charge >= 0.3 is 6.10 Å². The van der Waals surface area contributed by atoms with Crippen molar-refractivity contribution in [1.29, 1.82) is 0 Å². The van der Waals surface area contributed by atoms with Crippen molar-refractivity contribution in [1.82, 2.24) is 14.7 Å². The number of ether oxygens (including phenoxy) is 3. The molecule has 4 rings (SSSR count). The lowest BCUT2D eigenvalue weighted by Crippen LogP contribution is -2.63. The lowest BCUT2D eigenvalue weighted by Gasteiger charge is -2.42. The fourth-order valence-electron chi connectivity index (χ4n) is 4.72. The predicted molar refractivity (Wildman–Crippen MR) is 145 cm³/mol. The van der Waals surface area contributed by atoms with E-state index in [2.05, 4.69) is 18.9 Å². The van der Waals surface area contributed by atoms with Crippen LogP contribution in [0.5, 0.6) is 11.5 Å². The number of fused-ring (bicyclic) bond motifs is 3. The van der Waals surface area contributed by atoms with Gasteiger partial charge in [0.25, 0.3) is 5.91 Å². The Kier molecular flexibility index (Phi) is 8.08. The maximum Gasteiger partial charge on any atom is 0.372 e. The van der Waals surface area contributed by atoms with Crippen LogP contribution in [0.3, 0.4) is 0 Å². The largest absolute Gasteiger partial charge is 0.496 e. The summed E-state index contributed by atoms with van der Waals surface area (Å²) in [5.74, 6) is -2.65. The molecule has 0 spiro atoms. The first-order valence-corrected chi connectivity index (χ1v) is 13.4. The number of aliphatic hydroxyl groups is 5. The van der Waals surface area contributed by atoms with Gasteiger partial charge in [-0.2, -0.15) is 16.4 Å². The molecule has 1 amide bonds. The molecule has 2 aromatic heterocycles. The molecule has 0 atom stereocenters. The van der Waals surface area contributed by atoms with E-state index in [0.717, 1.165) is 5.56 Å². The molecular formula is C26H32BN3O9S. The number of methoxy groups -OCH3 is 1. The first-order chi connectivity index (χ1) is 18.5. The number of thiophene rings is 1. The van der Waals surface area contributed by atoms with E-state index in [1.807, 2.05) is 22.9 Å². The van der Waals surface area contributed by atoms with Crippen LogP contribution < -0.4 is 9.47 Å². The van der Waals surface area contributed by atoms with E-state index >= 15 is 0 Å². The molecule has 2 radical (unpaired) electrons. The van der Waals surface area contributed by atoms with Gasteiger partial charge < -0.3 is 39.7 Å². The number of nitrogens with zero attached hydrogens (tertiary/aromatic N) is 3. The number of hydrogen-bond donors (Lipinski definition) is 5. The van der Waals surface area contributed by atoms with Crippen molar-refractivity contribution in [2.75, 3.05) is 13.7 Å². The monoisotopic (exact) mass is 573 g/mol. The maximum absolute atomic E-state index is 13.9. The van der Waals surface area contributed by atoms with Crippen LogP contribution in [-0.4, -0.2) is 85.2 Å². The number of rotatable bonds is 10. The topological polar surface area (TPSA) is 167 Å². The lowest BCUT2D eigenvalue weighted by atomic mass is 9.95. The summed E-state index contributed by atoms with van der Waals surface area (Å²) in [6, 6.07) is 5.53. The Morgan fingerprint density at radius 1 is 1.25 bits per heavy atom. The Morgan fingerprint density at radius 3 is 2.50 bits per heavy atom. The van der Waals surface area contributed by atoms with Crippen LogP contribution in [0.1, 0.15) is 49.3 Å². The summed E-state index contributed by atoms with van der Waals surface area (Å²) in [4.78, 5) is 14.2. The van der Waals surface area contributed by atoms with Gasteiger partial charge in [-0.3, -0.25) is 9.69 Å². The van der Waals surface area contributed by atoms with Crippen LogP contribution >= 0.6 is 11.3 Å². The second-order valence-corrected chi connectivity index (χ2v) is 11.4. The Balaban J connectivity index is 1.90. The predicted octanol–water partition coefficient (Wildman–Crippen LogP) is 1.29. The summed E-state index contributed by atoms with van der Waals surface area (Å²) in [6.45, 7) is 5.95. The molecular weight excluding hydrogens is 541 g/mol. The van der Waals surface area contributed by atoms with Crippen molar-refractivity contribution in [3.63, 3.8) is 0 Å². The minimum Gasteiger partial charge on any atom is -0.496 e. The number of carbonyl (C=O) groups is 1. The smallest absolute Gasteiger partial charge is 0.372 e. The lowest BCUT2D eigenvalue weighted by molar-refractivity contribution is -0.398. The van der Waals surface area contributed by atoms with Crippen LogP contribution in [-0.2, 0) is 17.8 Å². The highest BCUT2D eigenvalue weighted by molar-refractivity contribution is 7.08. The number of aromatic nitrogens is 2. The average Bonchev–Trinajstić information content (AvgIpc) is 3.48. The van der Waals surface area contributed by atoms with Gasteiger partial charge in [-0.1, -0.05) is 13.8 Å². The molecule has 0 saturated heterocycles. The second kappa shape index (κ2) is 10.8. The van der Waals surface area contributed by atoms with Gasteiger partial charge in [-0.15, -0.1) is 0 Å². The molecule has 1 aliphatic rings. The summed E-state index contributed by atoms with van der Waals surface area (Å²) >= 11 is 1.42. The zero-order valence-electron chi connectivity index (χ0n) is 22.8. The minimum atomic E-state index is -3.68. The van der Waals surface area contributed by atoms with Crippen molar-refractivity contribution >= 4 is 25.1 Å². The molecule has 40 heavy (non-hydrogen) atoms. The molecule has 14 heteroatoms. The van der Waals surface area contributed by atoms with Gasteiger partial charge in [0, 0.05) is 22.6 Å². The fourth-order valence-corrected chi connectivity index (χ4v) is 5.33. The standard InChI is InChI=1S/C26H32BN3O9S/c1-14(2)8-15-9-17-20(10-19(15)37-5)38-11-18-21(28-29(22(17)18)16-6-7-40-12-16)23(31)30(26(34,35)36)24(3,4)13-39-25(27,32)33/h6-7,9-10,12,14,32-36H,8,11,13H2,1-5H3. The third-order valence-corrected chi connectivity index (χ3v) is 6.99. The van der Waals surface area contributed by atoms with Crippen molar-refractivity contribution in [3.8, 4) is 28.4 Å². The SMILES string of the molecule is [B]C(O)(O)OCC(C)(C)N(C(=O)c1nn(-c2ccsc2)c2c1COc1cc(OC)c(CC(C)C)cc1-2)C(O)(O)O. The molecule has 3 aromatic rings. The number of carbonyl (C=O) groups excluding carboxylic acids is 1. The van der Waals surface area contributed by atoms with Crippen LogP contribution in [0.15, 0.2) is 29.0 Å². The molecule has 0 saturated carbocycles. The Hall–Kier alpha value is -2.98. The molecule has 0 unspecified atom stereocenters. The zero-order valence-corrected chi connectivity index (χ0v) is 23.6. The maximum atomic E-state index is 13.9. The van der Waals surface area contributed by atoms with Gasteiger partial charge in [-0.05, 0) is 49.3 Å². The summed E-state index contributed by atoms with van der Waals surface area (Å²) in [7, 11) is 6.64. The van der Waals surface area contributed by atoms with Gasteiger partial charge in [0.1, 0.15) is 18.1 Å². The average molecular weight is 573 g/mol. The van der Waals surface area contributed by atoms with E-state index in [0.29, 0.717) is 51.2 Å². The molecule has 1 aromatic carbocycles. The molecule has 3 heterocycles. The Bertz CT molecular complexity index is 1380. The number of hydrogen-bond acceptors (Lipinski definition) is 11. The van der Waals surface area contributed by atoms with E-state index in [9.17, 15) is 30.3 Å². The molecule has 1 aliphatic heterocycles. The van der Waals surface area contributed by atoms with Gasteiger partial charge in [0.05, 0.1) is 30.6 Å². The van der Waals surface area contributed by atoms with Crippen molar-refractivity contribution in [2.45, 2.75) is 58.2 Å². The summed E-state index contributed by atoms with van der Waals surface area (Å²) in [5.41, 5.74) is 1.16. The highest BCUT2D eigenvalue weighted by Gasteiger charge is 2.48. The zero-order chi connectivity index (χ0) is 29.6. The minimum absolute atomic E-state index is 0.0977. The first-order valence-electron chi connectivity index (χ1n) is 12.4. The van der Waals surface area contributed by atoms with E-state index < -0.39 is 30.0 Å². The van der Waals surface area contributed by atoms with Gasteiger partial charge in [0.2, 0.25) is 5.87 Å². The van der Waals surface area contributed by atoms with Gasteiger partial charge in [-0.25, -0.2) is 4.68 Å². The third-order valence-electron chi connectivity index (χ3n) is 6.32. The molecule has 214 valence electrons. The highest BCUT2D eigenvalue weighted by Crippen LogP contribution is 2.44. The highest BCUT2D eigenvalue weighted by atomic mass is 32.1. The normalized spacial score (nSPS) is 13.6. The summed E-state index contributed by atoms with van der Waals surface area (Å²) < 4.78 is 17.9. The molecule has 12 nitrogen and oxygen atoms in total. The summed E-state index contributed by atoms with van der Waals surface area (Å²) in [5, 5.41) is 57.7. The fraction of sp³-hybridized carbons (Fsp3) is 0.462. The van der Waals surface area contributed by atoms with E-state index in [4.69, 9.17) is 22.1 Å². The second-order valence-electron chi connectivity index (χ2n) is 10.6. The quantitative estimate of drug-likeness (QED) is 0.176. The number of amides is 1. The van der Waals surface area contributed by atoms with Crippen LogP contribution in [0.25, 0.3) is 16.9 Å². The van der Waals surface area contributed by atoms with Crippen LogP contribution in [0.4, 0.5) is 0 Å². The summed E-state index contributed by atoms with van der Waals surface area (Å²) in [6.07, 6.45) is -2.97. The van der Waals surface area contributed by atoms with Gasteiger partial charge in [0.15, 0.2) is 13.5 Å². The van der Waals surface area contributed by atoms with Crippen molar-refractivity contribution in [2.24, 2.45) is 5.92 Å². The van der Waals surface area contributed by atoms with E-state index in [1.165, 1.54) is 25.2 Å². The third kappa shape index (κ3) is 6.03. The van der Waals surface area contributed by atoms with E-state index in [1.54, 1.807) is 17.9 Å². The van der Waals surface area contributed by atoms with Crippen LogP contribution in [0, 0.1) is 5.92 Å². The van der Waals surface area contributed by atoms with Crippen LogP contribution in [0.2, 0.25) is 0 Å².